The Morgan fingerprint density at radius 1 is 1.04 bits per heavy atom. The van der Waals surface area contributed by atoms with E-state index in [1.165, 1.54) is 9.87 Å². The molecule has 1 atom stereocenters. The lowest BCUT2D eigenvalue weighted by Crippen LogP contribution is -2.40. The van der Waals surface area contributed by atoms with Crippen molar-refractivity contribution in [2.24, 2.45) is 0 Å². The molecule has 0 amide bonds. The number of sulfonamides is 1. The molecule has 2 aromatic carbocycles. The zero-order valence-corrected chi connectivity index (χ0v) is 16.2. The van der Waals surface area contributed by atoms with E-state index in [1.54, 1.807) is 43.5 Å². The van der Waals surface area contributed by atoms with Crippen molar-refractivity contribution in [2.45, 2.75) is 43.0 Å². The number of aryl methyl sites for hydroxylation is 2. The van der Waals surface area contributed by atoms with Crippen LogP contribution in [0.25, 0.3) is 0 Å². The number of Topliss-reactive ketones (excluding diaryl/α,β-unsaturated/α-hetero) is 1. The van der Waals surface area contributed by atoms with Crippen LogP contribution in [0.3, 0.4) is 0 Å². The predicted octanol–water partition coefficient (Wildman–Crippen LogP) is 3.22. The van der Waals surface area contributed by atoms with Crippen LogP contribution in [0.5, 0.6) is 5.75 Å². The molecular formula is C21H23NO4S. The van der Waals surface area contributed by atoms with Crippen molar-refractivity contribution in [3.05, 3.63) is 59.2 Å². The van der Waals surface area contributed by atoms with Gasteiger partial charge in [-0.25, -0.2) is 8.42 Å². The molecule has 4 rings (SSSR count). The standard InChI is InChI=1S/C21H23NO4S/c1-26-18-10-7-16(8-11-18)21(23)20-6-3-13-22(20)27(24,25)19-12-9-15-4-2-5-17(15)14-19/h7-12,14,20H,2-6,13H2,1H3. The van der Waals surface area contributed by atoms with E-state index in [0.717, 1.165) is 24.8 Å². The Kier molecular flexibility index (Phi) is 4.78. The molecule has 1 heterocycles. The maximum Gasteiger partial charge on any atom is 0.243 e. The number of methoxy groups -OCH3 is 1. The molecule has 0 saturated carbocycles. The third kappa shape index (κ3) is 3.28. The van der Waals surface area contributed by atoms with E-state index in [-0.39, 0.29) is 5.78 Å². The second-order valence-electron chi connectivity index (χ2n) is 7.15. The van der Waals surface area contributed by atoms with Crippen molar-refractivity contribution in [1.82, 2.24) is 4.31 Å². The molecule has 2 aromatic rings. The Hall–Kier alpha value is -2.18. The highest BCUT2D eigenvalue weighted by molar-refractivity contribution is 7.89. The molecule has 0 aromatic heterocycles. The van der Waals surface area contributed by atoms with Gasteiger partial charge in [-0.2, -0.15) is 4.31 Å². The molecule has 6 heteroatoms. The smallest absolute Gasteiger partial charge is 0.243 e. The molecule has 1 aliphatic heterocycles. The molecule has 0 spiro atoms. The zero-order chi connectivity index (χ0) is 19.0. The summed E-state index contributed by atoms with van der Waals surface area (Å²) in [6, 6.07) is 11.6. The van der Waals surface area contributed by atoms with Gasteiger partial charge >= 0.3 is 0 Å². The van der Waals surface area contributed by atoms with Crippen molar-refractivity contribution in [3.8, 4) is 5.75 Å². The van der Waals surface area contributed by atoms with E-state index in [2.05, 4.69) is 0 Å². The number of nitrogens with zero attached hydrogens (tertiary/aromatic N) is 1. The SMILES string of the molecule is COc1ccc(C(=O)C2CCCN2S(=O)(=O)c2ccc3c(c2)CCC3)cc1. The number of hydrogen-bond acceptors (Lipinski definition) is 4. The number of rotatable bonds is 5. The highest BCUT2D eigenvalue weighted by Gasteiger charge is 2.39. The first kappa shape index (κ1) is 18.2. The van der Waals surface area contributed by atoms with E-state index in [4.69, 9.17) is 4.74 Å². The lowest BCUT2D eigenvalue weighted by Gasteiger charge is -2.23. The monoisotopic (exact) mass is 385 g/mol. The lowest BCUT2D eigenvalue weighted by molar-refractivity contribution is 0.0918. The molecule has 0 N–H and O–H groups in total. The van der Waals surface area contributed by atoms with Gasteiger partial charge in [0.15, 0.2) is 5.78 Å². The summed E-state index contributed by atoms with van der Waals surface area (Å²) in [4.78, 5) is 13.3. The van der Waals surface area contributed by atoms with E-state index >= 15 is 0 Å². The molecule has 27 heavy (non-hydrogen) atoms. The number of fused-ring (bicyclic) bond motifs is 1. The van der Waals surface area contributed by atoms with Gasteiger partial charge < -0.3 is 4.74 Å². The molecule has 0 bridgehead atoms. The lowest BCUT2D eigenvalue weighted by atomic mass is 10.0. The first-order chi connectivity index (χ1) is 13.0. The molecule has 1 saturated heterocycles. The van der Waals surface area contributed by atoms with Crippen LogP contribution in [0.2, 0.25) is 0 Å². The minimum Gasteiger partial charge on any atom is -0.497 e. The Balaban J connectivity index is 1.62. The number of benzene rings is 2. The maximum absolute atomic E-state index is 13.2. The average Bonchev–Trinajstić information content (AvgIpc) is 3.36. The number of hydrogen-bond donors (Lipinski definition) is 0. The van der Waals surface area contributed by atoms with E-state index in [1.807, 2.05) is 6.07 Å². The molecule has 5 nitrogen and oxygen atoms in total. The van der Waals surface area contributed by atoms with Gasteiger partial charge in [-0.05, 0) is 79.6 Å². The molecular weight excluding hydrogens is 362 g/mol. The van der Waals surface area contributed by atoms with Crippen LogP contribution in [0.4, 0.5) is 0 Å². The van der Waals surface area contributed by atoms with Gasteiger partial charge in [0.25, 0.3) is 0 Å². The molecule has 142 valence electrons. The Morgan fingerprint density at radius 2 is 1.78 bits per heavy atom. The van der Waals surface area contributed by atoms with Crippen molar-refractivity contribution in [3.63, 3.8) is 0 Å². The third-order valence-electron chi connectivity index (χ3n) is 5.56. The van der Waals surface area contributed by atoms with Crippen molar-refractivity contribution in [1.29, 1.82) is 0 Å². The van der Waals surface area contributed by atoms with Crippen molar-refractivity contribution < 1.29 is 17.9 Å². The average molecular weight is 385 g/mol. The molecule has 1 aliphatic carbocycles. The van der Waals surface area contributed by atoms with Gasteiger partial charge in [-0.1, -0.05) is 6.07 Å². The summed E-state index contributed by atoms with van der Waals surface area (Å²) < 4.78 is 33.0. The van der Waals surface area contributed by atoms with Crippen LogP contribution in [-0.4, -0.2) is 38.2 Å². The van der Waals surface area contributed by atoms with Crippen LogP contribution < -0.4 is 4.74 Å². The first-order valence-corrected chi connectivity index (χ1v) is 10.8. The van der Waals surface area contributed by atoms with Crippen molar-refractivity contribution in [2.75, 3.05) is 13.7 Å². The van der Waals surface area contributed by atoms with E-state index in [0.29, 0.717) is 35.6 Å². The zero-order valence-electron chi connectivity index (χ0n) is 15.3. The predicted molar refractivity (Wildman–Crippen MR) is 103 cm³/mol. The minimum atomic E-state index is -3.69. The fourth-order valence-electron chi connectivity index (χ4n) is 4.08. The van der Waals surface area contributed by atoms with Crippen molar-refractivity contribution >= 4 is 15.8 Å². The normalized spacial score (nSPS) is 19.8. The minimum absolute atomic E-state index is 0.153. The Labute approximate surface area is 160 Å². The summed E-state index contributed by atoms with van der Waals surface area (Å²) in [7, 11) is -2.12. The summed E-state index contributed by atoms with van der Waals surface area (Å²) in [5, 5.41) is 0. The summed E-state index contributed by atoms with van der Waals surface area (Å²) >= 11 is 0. The first-order valence-electron chi connectivity index (χ1n) is 9.32. The number of carbonyl (C=O) groups is 1. The quantitative estimate of drug-likeness (QED) is 0.742. The van der Waals surface area contributed by atoms with Crippen LogP contribution in [0, 0.1) is 0 Å². The van der Waals surface area contributed by atoms with Gasteiger partial charge in [-0.15, -0.1) is 0 Å². The topological polar surface area (TPSA) is 63.7 Å². The highest BCUT2D eigenvalue weighted by Crippen LogP contribution is 2.31. The van der Waals surface area contributed by atoms with Crippen LogP contribution in [0.15, 0.2) is 47.4 Å². The second-order valence-corrected chi connectivity index (χ2v) is 9.04. The summed E-state index contributed by atoms with van der Waals surface area (Å²) in [6.45, 7) is 0.381. The summed E-state index contributed by atoms with van der Waals surface area (Å²) in [5.74, 6) is 0.514. The molecule has 0 radical (unpaired) electrons. The highest BCUT2D eigenvalue weighted by atomic mass is 32.2. The van der Waals surface area contributed by atoms with Crippen LogP contribution in [0.1, 0.15) is 40.7 Å². The van der Waals surface area contributed by atoms with Gasteiger partial charge in [0.1, 0.15) is 5.75 Å². The van der Waals surface area contributed by atoms with Crippen LogP contribution in [-0.2, 0) is 22.9 Å². The number of ether oxygens (including phenoxy) is 1. The molecule has 1 unspecified atom stereocenters. The van der Waals surface area contributed by atoms with Gasteiger partial charge in [0.2, 0.25) is 10.0 Å². The molecule has 2 aliphatic rings. The fraction of sp³-hybridized carbons (Fsp3) is 0.381. The van der Waals surface area contributed by atoms with E-state index in [9.17, 15) is 13.2 Å². The maximum atomic E-state index is 13.2. The summed E-state index contributed by atoms with van der Waals surface area (Å²) in [5.41, 5.74) is 2.87. The largest absolute Gasteiger partial charge is 0.497 e. The second kappa shape index (κ2) is 7.09. The molecule has 1 fully saturated rings. The van der Waals surface area contributed by atoms with Gasteiger partial charge in [-0.3, -0.25) is 4.79 Å². The Bertz CT molecular complexity index is 966. The number of carbonyl (C=O) groups excluding carboxylic acids is 1. The van der Waals surface area contributed by atoms with Crippen LogP contribution >= 0.6 is 0 Å². The van der Waals surface area contributed by atoms with E-state index < -0.39 is 16.1 Å². The van der Waals surface area contributed by atoms with Gasteiger partial charge in [0, 0.05) is 12.1 Å². The number of ketones is 1. The fourth-order valence-corrected chi connectivity index (χ4v) is 5.79. The third-order valence-corrected chi connectivity index (χ3v) is 7.46. The summed E-state index contributed by atoms with van der Waals surface area (Å²) in [6.07, 6.45) is 4.25. The Morgan fingerprint density at radius 3 is 2.52 bits per heavy atom. The van der Waals surface area contributed by atoms with Gasteiger partial charge in [0.05, 0.1) is 18.0 Å².